The Morgan fingerprint density at radius 3 is 2.71 bits per heavy atom. The quantitative estimate of drug-likeness (QED) is 0.721. The molecule has 0 saturated carbocycles. The minimum absolute atomic E-state index is 0.147. The van der Waals surface area contributed by atoms with Crippen molar-refractivity contribution in [2.75, 3.05) is 17.0 Å². The number of unbranched alkanes of at least 4 members (excludes halogenated alkanes) is 1. The van der Waals surface area contributed by atoms with Gasteiger partial charge >= 0.3 is 0 Å². The van der Waals surface area contributed by atoms with E-state index in [-0.39, 0.29) is 17.3 Å². The molecule has 1 atom stereocenters. The molecule has 1 amide bonds. The van der Waals surface area contributed by atoms with Crippen molar-refractivity contribution in [3.63, 3.8) is 0 Å². The maximum absolute atomic E-state index is 13.0. The predicted octanol–water partition coefficient (Wildman–Crippen LogP) is 2.12. The molecule has 1 aromatic rings. The number of amides is 1. The van der Waals surface area contributed by atoms with E-state index in [9.17, 15) is 17.6 Å². The number of nitrogens with one attached hydrogen (secondary N) is 2. The van der Waals surface area contributed by atoms with Crippen LogP contribution >= 0.6 is 0 Å². The van der Waals surface area contributed by atoms with E-state index in [0.29, 0.717) is 6.54 Å². The highest BCUT2D eigenvalue weighted by molar-refractivity contribution is 7.92. The van der Waals surface area contributed by atoms with Crippen molar-refractivity contribution in [1.29, 1.82) is 0 Å². The van der Waals surface area contributed by atoms with Crippen LogP contribution < -0.4 is 10.0 Å². The summed E-state index contributed by atoms with van der Waals surface area (Å²) in [6, 6.07) is 5.17. The van der Waals surface area contributed by atoms with Gasteiger partial charge in [-0.2, -0.15) is 0 Å². The lowest BCUT2D eigenvalue weighted by molar-refractivity contribution is -0.123. The predicted molar refractivity (Wildman–Crippen MR) is 80.9 cm³/mol. The third-order valence-electron chi connectivity index (χ3n) is 2.84. The monoisotopic (exact) mass is 316 g/mol. The molecule has 7 heteroatoms. The summed E-state index contributed by atoms with van der Waals surface area (Å²) in [6.07, 6.45) is 1.81. The molecule has 118 valence electrons. The van der Waals surface area contributed by atoms with E-state index in [1.54, 1.807) is 6.92 Å². The molecule has 0 aliphatic heterocycles. The Bertz CT molecular complexity index is 575. The second-order valence-corrected chi connectivity index (χ2v) is 6.71. The first kappa shape index (κ1) is 17.4. The summed E-state index contributed by atoms with van der Waals surface area (Å²) in [6.45, 7) is 4.09. The highest BCUT2D eigenvalue weighted by Gasteiger charge is 2.21. The zero-order chi connectivity index (χ0) is 15.9. The van der Waals surface area contributed by atoms with Gasteiger partial charge in [0.05, 0.1) is 17.4 Å². The molecule has 1 aromatic carbocycles. The lowest BCUT2D eigenvalue weighted by atomic mass is 10.2. The highest BCUT2D eigenvalue weighted by Crippen LogP contribution is 2.12. The normalized spacial score (nSPS) is 12.7. The lowest BCUT2D eigenvalue weighted by Crippen LogP contribution is -2.35. The molecule has 1 rings (SSSR count). The van der Waals surface area contributed by atoms with Crippen molar-refractivity contribution in [2.24, 2.45) is 5.92 Å². The van der Waals surface area contributed by atoms with Crippen LogP contribution in [-0.4, -0.2) is 26.6 Å². The van der Waals surface area contributed by atoms with E-state index in [0.717, 1.165) is 18.9 Å². The molecule has 0 aliphatic rings. The molecule has 0 saturated heterocycles. The van der Waals surface area contributed by atoms with Gasteiger partial charge < -0.3 is 5.32 Å². The van der Waals surface area contributed by atoms with Crippen LogP contribution in [-0.2, 0) is 14.8 Å². The molecule has 0 bridgehead atoms. The van der Waals surface area contributed by atoms with Crippen molar-refractivity contribution < 1.29 is 17.6 Å². The van der Waals surface area contributed by atoms with Gasteiger partial charge in [0.1, 0.15) is 5.82 Å². The van der Waals surface area contributed by atoms with E-state index in [4.69, 9.17) is 0 Å². The zero-order valence-electron chi connectivity index (χ0n) is 12.2. The molecule has 0 aromatic heterocycles. The molecule has 21 heavy (non-hydrogen) atoms. The molecular formula is C14H21FN2O3S. The molecule has 5 nitrogen and oxygen atoms in total. The maximum atomic E-state index is 13.0. The first-order valence-electron chi connectivity index (χ1n) is 6.88. The van der Waals surface area contributed by atoms with Gasteiger partial charge in [0, 0.05) is 6.54 Å². The van der Waals surface area contributed by atoms with Gasteiger partial charge in [0.25, 0.3) is 0 Å². The van der Waals surface area contributed by atoms with Crippen molar-refractivity contribution in [1.82, 2.24) is 5.32 Å². The number of carbonyl (C=O) groups is 1. The average Bonchev–Trinajstić information content (AvgIpc) is 2.37. The largest absolute Gasteiger partial charge is 0.356 e. The molecule has 0 heterocycles. The SMILES string of the molecule is CCCCNC(=O)C(C)CS(=O)(=O)Nc1cccc(F)c1. The fourth-order valence-corrected chi connectivity index (χ4v) is 3.12. The lowest BCUT2D eigenvalue weighted by Gasteiger charge is -2.13. The van der Waals surface area contributed by atoms with Gasteiger partial charge in [0.2, 0.25) is 15.9 Å². The molecule has 1 unspecified atom stereocenters. The fraction of sp³-hybridized carbons (Fsp3) is 0.500. The zero-order valence-corrected chi connectivity index (χ0v) is 13.0. The van der Waals surface area contributed by atoms with Crippen LogP contribution in [0.5, 0.6) is 0 Å². The molecule has 2 N–H and O–H groups in total. The molecule has 0 aliphatic carbocycles. The molecule has 0 radical (unpaired) electrons. The average molecular weight is 316 g/mol. The smallest absolute Gasteiger partial charge is 0.233 e. The third kappa shape index (κ3) is 6.57. The van der Waals surface area contributed by atoms with Crippen LogP contribution in [0.25, 0.3) is 0 Å². The van der Waals surface area contributed by atoms with Gasteiger partial charge in [-0.3, -0.25) is 9.52 Å². The Kier molecular flexibility index (Phi) is 6.61. The Hall–Kier alpha value is -1.63. The number of benzene rings is 1. The van der Waals surface area contributed by atoms with Crippen molar-refractivity contribution in [3.05, 3.63) is 30.1 Å². The van der Waals surface area contributed by atoms with E-state index in [2.05, 4.69) is 10.0 Å². The fourth-order valence-electron chi connectivity index (χ4n) is 1.74. The Labute approximate surface area is 125 Å². The number of sulfonamides is 1. The van der Waals surface area contributed by atoms with Gasteiger partial charge in [0.15, 0.2) is 0 Å². The van der Waals surface area contributed by atoms with E-state index >= 15 is 0 Å². The summed E-state index contributed by atoms with van der Waals surface area (Å²) >= 11 is 0. The van der Waals surface area contributed by atoms with E-state index in [1.807, 2.05) is 6.92 Å². The minimum atomic E-state index is -3.70. The number of hydrogen-bond donors (Lipinski definition) is 2. The second-order valence-electron chi connectivity index (χ2n) is 4.94. The molecular weight excluding hydrogens is 295 g/mol. The highest BCUT2D eigenvalue weighted by atomic mass is 32.2. The number of rotatable bonds is 8. The first-order valence-corrected chi connectivity index (χ1v) is 8.53. The number of anilines is 1. The van der Waals surface area contributed by atoms with Crippen LogP contribution in [0, 0.1) is 11.7 Å². The summed E-state index contributed by atoms with van der Waals surface area (Å²) in [5.74, 6) is -1.84. The van der Waals surface area contributed by atoms with Crippen molar-refractivity contribution in [2.45, 2.75) is 26.7 Å². The Balaban J connectivity index is 2.57. The number of carbonyl (C=O) groups excluding carboxylic acids is 1. The minimum Gasteiger partial charge on any atom is -0.356 e. The summed E-state index contributed by atoms with van der Waals surface area (Å²) in [4.78, 5) is 11.7. The third-order valence-corrected chi connectivity index (χ3v) is 4.33. The molecule has 0 spiro atoms. The summed E-state index contributed by atoms with van der Waals surface area (Å²) in [5, 5.41) is 2.69. The first-order chi connectivity index (χ1) is 9.84. The standard InChI is InChI=1S/C14H21FN2O3S/c1-3-4-8-16-14(18)11(2)10-21(19,20)17-13-7-5-6-12(15)9-13/h5-7,9,11,17H,3-4,8,10H2,1-2H3,(H,16,18). The van der Waals surface area contributed by atoms with Gasteiger partial charge in [-0.05, 0) is 24.6 Å². The van der Waals surface area contributed by atoms with Crippen LogP contribution in [0.3, 0.4) is 0 Å². The van der Waals surface area contributed by atoms with Crippen LogP contribution in [0.2, 0.25) is 0 Å². The van der Waals surface area contributed by atoms with Crippen LogP contribution in [0.4, 0.5) is 10.1 Å². The van der Waals surface area contributed by atoms with Gasteiger partial charge in [-0.25, -0.2) is 12.8 Å². The Morgan fingerprint density at radius 2 is 2.10 bits per heavy atom. The van der Waals surface area contributed by atoms with E-state index in [1.165, 1.54) is 18.2 Å². The van der Waals surface area contributed by atoms with Crippen LogP contribution in [0.15, 0.2) is 24.3 Å². The Morgan fingerprint density at radius 1 is 1.38 bits per heavy atom. The van der Waals surface area contributed by atoms with Crippen LogP contribution in [0.1, 0.15) is 26.7 Å². The van der Waals surface area contributed by atoms with Gasteiger partial charge in [-0.1, -0.05) is 26.3 Å². The number of halogens is 1. The summed E-state index contributed by atoms with van der Waals surface area (Å²) in [7, 11) is -3.70. The van der Waals surface area contributed by atoms with E-state index < -0.39 is 21.8 Å². The molecule has 0 fully saturated rings. The maximum Gasteiger partial charge on any atom is 0.233 e. The second kappa shape index (κ2) is 7.97. The van der Waals surface area contributed by atoms with Crippen molar-refractivity contribution >= 4 is 21.6 Å². The number of hydrogen-bond acceptors (Lipinski definition) is 3. The summed E-state index contributed by atoms with van der Waals surface area (Å²) in [5.41, 5.74) is 0.147. The van der Waals surface area contributed by atoms with Crippen molar-refractivity contribution in [3.8, 4) is 0 Å². The summed E-state index contributed by atoms with van der Waals surface area (Å²) < 4.78 is 39.2. The topological polar surface area (TPSA) is 75.3 Å². The van der Waals surface area contributed by atoms with Gasteiger partial charge in [-0.15, -0.1) is 0 Å².